The molecule has 1 N–H and O–H groups in total. The third-order valence-electron chi connectivity index (χ3n) is 2.81. The molecule has 1 saturated heterocycles. The van der Waals surface area contributed by atoms with E-state index in [9.17, 15) is 17.7 Å². The molecule has 1 heterocycles. The Morgan fingerprint density at radius 2 is 1.94 bits per heavy atom. The summed E-state index contributed by atoms with van der Waals surface area (Å²) in [6.07, 6.45) is 3.18. The molecule has 0 bridgehead atoms. The molecule has 3 unspecified atom stereocenters. The molecule has 0 amide bonds. The number of unbranched alkanes of at least 4 members (excludes halogenated alkanes) is 3. The SMILES string of the molecule is CCCCCCS(=O)C1CS(=O)(=O)CC1O. The lowest BCUT2D eigenvalue weighted by Crippen LogP contribution is -2.30. The molecule has 16 heavy (non-hydrogen) atoms. The van der Waals surface area contributed by atoms with Gasteiger partial charge in [0.2, 0.25) is 0 Å². The summed E-state index contributed by atoms with van der Waals surface area (Å²) in [6, 6.07) is 0. The first-order valence-corrected chi connectivity index (χ1v) is 8.92. The van der Waals surface area contributed by atoms with Gasteiger partial charge >= 0.3 is 0 Å². The van der Waals surface area contributed by atoms with E-state index in [0.29, 0.717) is 5.75 Å². The lowest BCUT2D eigenvalue weighted by molar-refractivity contribution is 0.206. The Morgan fingerprint density at radius 3 is 2.44 bits per heavy atom. The summed E-state index contributed by atoms with van der Waals surface area (Å²) in [5, 5.41) is 8.96. The summed E-state index contributed by atoms with van der Waals surface area (Å²) in [5.74, 6) is 0.171. The van der Waals surface area contributed by atoms with Gasteiger partial charge in [0.1, 0.15) is 0 Å². The van der Waals surface area contributed by atoms with Crippen molar-refractivity contribution in [1.82, 2.24) is 0 Å². The van der Waals surface area contributed by atoms with Crippen LogP contribution in [0.3, 0.4) is 0 Å². The molecule has 0 aromatic heterocycles. The monoisotopic (exact) mass is 268 g/mol. The normalized spacial score (nSPS) is 30.4. The molecule has 0 aliphatic carbocycles. The summed E-state index contributed by atoms with van der Waals surface area (Å²) >= 11 is 0. The third kappa shape index (κ3) is 4.14. The van der Waals surface area contributed by atoms with Gasteiger partial charge in [-0.1, -0.05) is 26.2 Å². The number of rotatable bonds is 6. The molecule has 0 aromatic carbocycles. The second kappa shape index (κ2) is 6.12. The predicted octanol–water partition coefficient (Wildman–Crippen LogP) is 0.473. The van der Waals surface area contributed by atoms with Gasteiger partial charge in [-0.25, -0.2) is 8.42 Å². The summed E-state index contributed by atoms with van der Waals surface area (Å²) in [7, 11) is -4.37. The van der Waals surface area contributed by atoms with Crippen molar-refractivity contribution >= 4 is 20.6 Å². The highest BCUT2D eigenvalue weighted by Gasteiger charge is 2.39. The third-order valence-corrected chi connectivity index (χ3v) is 6.58. The van der Waals surface area contributed by atoms with Gasteiger partial charge in [0.05, 0.1) is 22.9 Å². The van der Waals surface area contributed by atoms with Gasteiger partial charge in [0, 0.05) is 16.6 Å². The molecule has 1 fully saturated rings. The molecule has 1 aliphatic heterocycles. The highest BCUT2D eigenvalue weighted by Crippen LogP contribution is 2.18. The summed E-state index contributed by atoms with van der Waals surface area (Å²) in [5.41, 5.74) is 0. The van der Waals surface area contributed by atoms with Crippen molar-refractivity contribution in [3.8, 4) is 0 Å². The molecule has 0 spiro atoms. The second-order valence-electron chi connectivity index (χ2n) is 4.33. The number of aliphatic hydroxyl groups is 1. The van der Waals surface area contributed by atoms with Crippen LogP contribution in [0, 0.1) is 0 Å². The van der Waals surface area contributed by atoms with Crippen LogP contribution in [0.1, 0.15) is 32.6 Å². The summed E-state index contributed by atoms with van der Waals surface area (Å²) < 4.78 is 34.3. The van der Waals surface area contributed by atoms with E-state index in [1.54, 1.807) is 0 Å². The Bertz CT molecular complexity index is 337. The largest absolute Gasteiger partial charge is 0.391 e. The first-order valence-electron chi connectivity index (χ1n) is 5.72. The van der Waals surface area contributed by atoms with Crippen LogP contribution < -0.4 is 0 Å². The Kier molecular flexibility index (Phi) is 5.40. The summed E-state index contributed by atoms with van der Waals surface area (Å²) in [4.78, 5) is 0. The molecular formula is C10H20O4S2. The number of hydrogen-bond acceptors (Lipinski definition) is 4. The zero-order chi connectivity index (χ0) is 12.2. The van der Waals surface area contributed by atoms with Crippen LogP contribution in [0.2, 0.25) is 0 Å². The van der Waals surface area contributed by atoms with Crippen molar-refractivity contribution in [2.75, 3.05) is 17.3 Å². The minimum atomic E-state index is -3.17. The molecule has 4 nitrogen and oxygen atoms in total. The highest BCUT2D eigenvalue weighted by molar-refractivity contribution is 7.94. The molecule has 1 rings (SSSR count). The van der Waals surface area contributed by atoms with E-state index in [1.807, 2.05) is 0 Å². The number of sulfone groups is 1. The van der Waals surface area contributed by atoms with Crippen molar-refractivity contribution in [3.05, 3.63) is 0 Å². The molecule has 6 heteroatoms. The zero-order valence-corrected chi connectivity index (χ0v) is 11.2. The minimum Gasteiger partial charge on any atom is -0.391 e. The fourth-order valence-electron chi connectivity index (χ4n) is 1.87. The van der Waals surface area contributed by atoms with Gasteiger partial charge in [-0.05, 0) is 6.42 Å². The van der Waals surface area contributed by atoms with Crippen LogP contribution in [0.5, 0.6) is 0 Å². The topological polar surface area (TPSA) is 71.4 Å². The lowest BCUT2D eigenvalue weighted by atomic mass is 10.2. The zero-order valence-electron chi connectivity index (χ0n) is 9.59. The first-order chi connectivity index (χ1) is 7.46. The van der Waals surface area contributed by atoms with Crippen LogP contribution in [0.25, 0.3) is 0 Å². The smallest absolute Gasteiger partial charge is 0.154 e. The molecule has 96 valence electrons. The van der Waals surface area contributed by atoms with Crippen LogP contribution in [-0.2, 0) is 20.6 Å². The van der Waals surface area contributed by atoms with Crippen molar-refractivity contribution in [3.63, 3.8) is 0 Å². The van der Waals surface area contributed by atoms with Gasteiger partial charge in [0.15, 0.2) is 9.84 Å². The molecule has 0 aromatic rings. The van der Waals surface area contributed by atoms with Crippen molar-refractivity contribution in [2.45, 2.75) is 44.0 Å². The molecule has 1 aliphatic rings. The molecule has 0 radical (unpaired) electrons. The van der Waals surface area contributed by atoms with Gasteiger partial charge in [-0.2, -0.15) is 0 Å². The van der Waals surface area contributed by atoms with E-state index in [0.717, 1.165) is 25.7 Å². The van der Waals surface area contributed by atoms with Crippen molar-refractivity contribution in [2.24, 2.45) is 0 Å². The van der Waals surface area contributed by atoms with Gasteiger partial charge in [-0.3, -0.25) is 4.21 Å². The maximum absolute atomic E-state index is 11.8. The highest BCUT2D eigenvalue weighted by atomic mass is 32.2. The van der Waals surface area contributed by atoms with E-state index in [2.05, 4.69) is 6.92 Å². The quantitative estimate of drug-likeness (QED) is 0.711. The van der Waals surface area contributed by atoms with Crippen LogP contribution in [0.15, 0.2) is 0 Å². The van der Waals surface area contributed by atoms with Crippen molar-refractivity contribution in [1.29, 1.82) is 0 Å². The minimum absolute atomic E-state index is 0.117. The Hall–Kier alpha value is 0.0600. The van der Waals surface area contributed by atoms with E-state index >= 15 is 0 Å². The second-order valence-corrected chi connectivity index (χ2v) is 8.26. The van der Waals surface area contributed by atoms with Gasteiger partial charge in [-0.15, -0.1) is 0 Å². The lowest BCUT2D eigenvalue weighted by Gasteiger charge is -2.11. The average molecular weight is 268 g/mol. The van der Waals surface area contributed by atoms with Gasteiger partial charge < -0.3 is 5.11 Å². The van der Waals surface area contributed by atoms with Crippen LogP contribution >= 0.6 is 0 Å². The fraction of sp³-hybridized carbons (Fsp3) is 1.00. The fourth-order valence-corrected chi connectivity index (χ4v) is 6.07. The van der Waals surface area contributed by atoms with Crippen LogP contribution in [0.4, 0.5) is 0 Å². The summed E-state index contributed by atoms with van der Waals surface area (Å²) in [6.45, 7) is 2.10. The number of hydrogen-bond donors (Lipinski definition) is 1. The van der Waals surface area contributed by atoms with E-state index in [1.165, 1.54) is 0 Å². The van der Waals surface area contributed by atoms with E-state index in [-0.39, 0.29) is 11.5 Å². The Balaban J connectivity index is 2.37. The van der Waals surface area contributed by atoms with E-state index < -0.39 is 32.0 Å². The Labute approximate surface area is 99.8 Å². The first kappa shape index (κ1) is 14.1. The maximum Gasteiger partial charge on any atom is 0.154 e. The Morgan fingerprint density at radius 1 is 1.25 bits per heavy atom. The number of aliphatic hydroxyl groups excluding tert-OH is 1. The predicted molar refractivity (Wildman–Crippen MR) is 65.6 cm³/mol. The van der Waals surface area contributed by atoms with Gasteiger partial charge in [0.25, 0.3) is 0 Å². The molecular weight excluding hydrogens is 248 g/mol. The average Bonchev–Trinajstić information content (AvgIpc) is 2.47. The maximum atomic E-state index is 11.8. The van der Waals surface area contributed by atoms with Crippen LogP contribution in [-0.4, -0.2) is 46.3 Å². The van der Waals surface area contributed by atoms with E-state index in [4.69, 9.17) is 0 Å². The standard InChI is InChI=1S/C10H20O4S2/c1-2-3-4-5-6-15(12)10-8-16(13,14)7-9(10)11/h9-11H,2-8H2,1H3. The van der Waals surface area contributed by atoms with Crippen molar-refractivity contribution < 1.29 is 17.7 Å². The molecule has 0 saturated carbocycles. The molecule has 3 atom stereocenters.